The number of hydrogen-bond acceptors (Lipinski definition) is 8. The van der Waals surface area contributed by atoms with E-state index in [1.54, 1.807) is 6.92 Å². The molecule has 0 N–H and O–H groups in total. The predicted octanol–water partition coefficient (Wildman–Crippen LogP) is 3.58. The average Bonchev–Trinajstić information content (AvgIpc) is 2.85. The molecule has 33 heavy (non-hydrogen) atoms. The number of esters is 2. The van der Waals surface area contributed by atoms with Gasteiger partial charge in [-0.05, 0) is 13.8 Å². The Kier molecular flexibility index (Phi) is 9.38. The van der Waals surface area contributed by atoms with Crippen molar-refractivity contribution in [2.75, 3.05) is 39.6 Å². The van der Waals surface area contributed by atoms with Crippen molar-refractivity contribution in [3.63, 3.8) is 0 Å². The van der Waals surface area contributed by atoms with Crippen LogP contribution in [-0.4, -0.2) is 51.6 Å². The minimum Gasteiger partial charge on any atom is -0.462 e. The summed E-state index contributed by atoms with van der Waals surface area (Å²) < 4.78 is 32.9. The Balaban J connectivity index is 1.34. The molecule has 1 fully saturated rings. The van der Waals surface area contributed by atoms with Crippen molar-refractivity contribution in [2.24, 2.45) is 5.41 Å². The Labute approximate surface area is 193 Å². The summed E-state index contributed by atoms with van der Waals surface area (Å²) in [6.07, 6.45) is -1.17. The van der Waals surface area contributed by atoms with Crippen LogP contribution in [0.2, 0.25) is 0 Å². The molecule has 2 aromatic rings. The molecule has 1 aliphatic heterocycles. The second kappa shape index (κ2) is 12.5. The molecule has 8 nitrogen and oxygen atoms in total. The Bertz CT molecular complexity index is 862. The van der Waals surface area contributed by atoms with E-state index in [9.17, 15) is 9.59 Å². The van der Waals surface area contributed by atoms with Crippen molar-refractivity contribution in [3.8, 4) is 0 Å². The van der Waals surface area contributed by atoms with Crippen LogP contribution in [0.25, 0.3) is 0 Å². The fraction of sp³-hybridized carbons (Fsp3) is 0.440. The number of rotatable bonds is 11. The Hall–Kier alpha value is -2.78. The van der Waals surface area contributed by atoms with Gasteiger partial charge in [-0.15, -0.1) is 0 Å². The summed E-state index contributed by atoms with van der Waals surface area (Å²) in [7, 11) is 0. The van der Waals surface area contributed by atoms with Crippen LogP contribution >= 0.6 is 0 Å². The fourth-order valence-corrected chi connectivity index (χ4v) is 3.18. The van der Waals surface area contributed by atoms with Crippen molar-refractivity contribution in [2.45, 2.75) is 26.4 Å². The standard InChI is InChI=1S/C25H30O8/c1-3-28-22(19-10-6-4-7-11-19)31-16-21(26)29-14-15-30-24(27)25(2)17-32-23(33-18-25)20-12-8-5-9-13-20/h4-13,22-23H,3,14-18H2,1-2H3. The van der Waals surface area contributed by atoms with Crippen molar-refractivity contribution in [1.29, 1.82) is 0 Å². The van der Waals surface area contributed by atoms with Crippen LogP contribution in [-0.2, 0) is 38.0 Å². The lowest BCUT2D eigenvalue weighted by Gasteiger charge is -2.35. The highest BCUT2D eigenvalue weighted by molar-refractivity contribution is 5.77. The van der Waals surface area contributed by atoms with Gasteiger partial charge in [-0.2, -0.15) is 0 Å². The molecular weight excluding hydrogens is 428 g/mol. The Morgan fingerprint density at radius 3 is 2.18 bits per heavy atom. The molecule has 1 unspecified atom stereocenters. The number of ether oxygens (including phenoxy) is 6. The lowest BCUT2D eigenvalue weighted by molar-refractivity contribution is -0.236. The lowest BCUT2D eigenvalue weighted by Crippen LogP contribution is -2.44. The van der Waals surface area contributed by atoms with E-state index in [2.05, 4.69) is 0 Å². The van der Waals surface area contributed by atoms with Crippen molar-refractivity contribution < 1.29 is 38.0 Å². The summed E-state index contributed by atoms with van der Waals surface area (Å²) in [5.74, 6) is -1.05. The molecule has 0 bridgehead atoms. The summed E-state index contributed by atoms with van der Waals surface area (Å²) in [6.45, 7) is 3.88. The highest BCUT2D eigenvalue weighted by atomic mass is 16.7. The van der Waals surface area contributed by atoms with Gasteiger partial charge >= 0.3 is 11.9 Å². The van der Waals surface area contributed by atoms with E-state index in [4.69, 9.17) is 28.4 Å². The van der Waals surface area contributed by atoms with Gasteiger partial charge in [0.2, 0.25) is 0 Å². The highest BCUT2D eigenvalue weighted by Crippen LogP contribution is 2.32. The van der Waals surface area contributed by atoms with Gasteiger partial charge in [-0.25, -0.2) is 4.79 Å². The van der Waals surface area contributed by atoms with E-state index in [1.807, 2.05) is 67.6 Å². The quantitative estimate of drug-likeness (QED) is 0.287. The topological polar surface area (TPSA) is 89.5 Å². The van der Waals surface area contributed by atoms with Gasteiger partial charge in [0.25, 0.3) is 0 Å². The van der Waals surface area contributed by atoms with E-state index < -0.39 is 29.9 Å². The van der Waals surface area contributed by atoms with E-state index in [0.717, 1.165) is 11.1 Å². The van der Waals surface area contributed by atoms with Crippen LogP contribution in [0.3, 0.4) is 0 Å². The first-order valence-corrected chi connectivity index (χ1v) is 10.9. The third-order valence-electron chi connectivity index (χ3n) is 4.99. The molecule has 0 radical (unpaired) electrons. The molecule has 2 aromatic carbocycles. The molecule has 1 saturated heterocycles. The van der Waals surface area contributed by atoms with Gasteiger partial charge in [0.05, 0.1) is 13.2 Å². The second-order valence-electron chi connectivity index (χ2n) is 7.79. The molecule has 1 heterocycles. The molecule has 0 spiro atoms. The van der Waals surface area contributed by atoms with Gasteiger partial charge in [0, 0.05) is 17.7 Å². The van der Waals surface area contributed by atoms with Gasteiger partial charge in [0.15, 0.2) is 12.6 Å². The zero-order valence-corrected chi connectivity index (χ0v) is 18.9. The van der Waals surface area contributed by atoms with E-state index in [-0.39, 0.29) is 33.0 Å². The largest absolute Gasteiger partial charge is 0.462 e. The third-order valence-corrected chi connectivity index (χ3v) is 4.99. The maximum atomic E-state index is 12.5. The third kappa shape index (κ3) is 7.36. The molecule has 1 atom stereocenters. The maximum absolute atomic E-state index is 12.5. The number of carbonyl (C=O) groups excluding carboxylic acids is 2. The number of benzene rings is 2. The molecule has 1 aliphatic rings. The van der Waals surface area contributed by atoms with Crippen molar-refractivity contribution >= 4 is 11.9 Å². The average molecular weight is 459 g/mol. The normalized spacial score (nSPS) is 21.2. The molecule has 8 heteroatoms. The minimum atomic E-state index is -0.932. The van der Waals surface area contributed by atoms with Crippen LogP contribution in [0, 0.1) is 5.41 Å². The van der Waals surface area contributed by atoms with Gasteiger partial charge in [0.1, 0.15) is 25.2 Å². The van der Waals surface area contributed by atoms with Crippen molar-refractivity contribution in [1.82, 2.24) is 0 Å². The summed E-state index contributed by atoms with van der Waals surface area (Å²) in [6, 6.07) is 18.8. The summed E-state index contributed by atoms with van der Waals surface area (Å²) in [5.41, 5.74) is 0.764. The SMILES string of the molecule is CCOC(OCC(=O)OCCOC(=O)C1(C)COC(c2ccccc2)OC1)c1ccccc1. The lowest BCUT2D eigenvalue weighted by atomic mass is 9.92. The van der Waals surface area contributed by atoms with Crippen LogP contribution in [0.4, 0.5) is 0 Å². The number of carbonyl (C=O) groups is 2. The van der Waals surface area contributed by atoms with Crippen LogP contribution < -0.4 is 0 Å². The Morgan fingerprint density at radius 2 is 1.55 bits per heavy atom. The van der Waals surface area contributed by atoms with Gasteiger partial charge in [-0.3, -0.25) is 4.79 Å². The van der Waals surface area contributed by atoms with Crippen molar-refractivity contribution in [3.05, 3.63) is 71.8 Å². The number of hydrogen-bond donors (Lipinski definition) is 0. The first-order valence-electron chi connectivity index (χ1n) is 10.9. The zero-order valence-electron chi connectivity index (χ0n) is 18.9. The molecule has 0 amide bonds. The fourth-order valence-electron chi connectivity index (χ4n) is 3.18. The summed E-state index contributed by atoms with van der Waals surface area (Å²) in [4.78, 5) is 24.5. The van der Waals surface area contributed by atoms with Gasteiger partial charge in [-0.1, -0.05) is 60.7 Å². The van der Waals surface area contributed by atoms with E-state index in [1.165, 1.54) is 0 Å². The first kappa shape index (κ1) is 24.9. The van der Waals surface area contributed by atoms with E-state index in [0.29, 0.717) is 6.61 Å². The van der Waals surface area contributed by atoms with E-state index >= 15 is 0 Å². The monoisotopic (exact) mass is 458 g/mol. The zero-order chi connectivity index (χ0) is 23.5. The van der Waals surface area contributed by atoms with Crippen LogP contribution in [0.5, 0.6) is 0 Å². The summed E-state index contributed by atoms with van der Waals surface area (Å²) in [5, 5.41) is 0. The first-order chi connectivity index (χ1) is 16.0. The van der Waals surface area contributed by atoms with Crippen LogP contribution in [0.15, 0.2) is 60.7 Å². The van der Waals surface area contributed by atoms with Crippen LogP contribution in [0.1, 0.15) is 37.6 Å². The highest BCUT2D eigenvalue weighted by Gasteiger charge is 2.41. The van der Waals surface area contributed by atoms with Gasteiger partial charge < -0.3 is 28.4 Å². The minimum absolute atomic E-state index is 0.0736. The molecule has 0 aliphatic carbocycles. The smallest absolute Gasteiger partial charge is 0.332 e. The second-order valence-corrected chi connectivity index (χ2v) is 7.79. The molecular formula is C25H30O8. The molecule has 0 aromatic heterocycles. The maximum Gasteiger partial charge on any atom is 0.332 e. The predicted molar refractivity (Wildman–Crippen MR) is 118 cm³/mol. The Morgan fingerprint density at radius 1 is 0.939 bits per heavy atom. The molecule has 0 saturated carbocycles. The summed E-state index contributed by atoms with van der Waals surface area (Å²) >= 11 is 0. The molecule has 178 valence electrons. The molecule has 3 rings (SSSR count).